The van der Waals surface area contributed by atoms with Crippen molar-refractivity contribution in [3.8, 4) is 11.8 Å². The number of epoxide rings is 1. The Morgan fingerprint density at radius 2 is 1.94 bits per heavy atom. The van der Waals surface area contributed by atoms with Crippen LogP contribution in [-0.2, 0) is 4.74 Å². The van der Waals surface area contributed by atoms with E-state index in [1.165, 1.54) is 32.1 Å². The van der Waals surface area contributed by atoms with E-state index in [4.69, 9.17) is 4.74 Å². The Morgan fingerprint density at radius 3 is 2.71 bits per heavy atom. The van der Waals surface area contributed by atoms with E-state index in [2.05, 4.69) is 18.8 Å². The molecule has 2 atom stereocenters. The fourth-order valence-corrected chi connectivity index (χ4v) is 1.94. The average Bonchev–Trinajstić information content (AvgIpc) is 3.12. The van der Waals surface area contributed by atoms with Gasteiger partial charge in [0.05, 0.1) is 6.10 Å². The maximum atomic E-state index is 5.55. The minimum Gasteiger partial charge on any atom is -0.356 e. The normalized spacial score (nSPS) is 21.7. The second kappa shape index (κ2) is 6.47. The smallest absolute Gasteiger partial charge is 0.145 e. The molecule has 1 aromatic rings. The molecule has 1 nitrogen and oxygen atoms in total. The van der Waals surface area contributed by atoms with Crippen LogP contribution in [0.5, 0.6) is 0 Å². The molecule has 0 radical (unpaired) electrons. The van der Waals surface area contributed by atoms with Gasteiger partial charge < -0.3 is 4.74 Å². The van der Waals surface area contributed by atoms with Crippen molar-refractivity contribution >= 4 is 0 Å². The number of hydrogen-bond acceptors (Lipinski definition) is 1. The van der Waals surface area contributed by atoms with Crippen LogP contribution in [0.25, 0.3) is 0 Å². The first-order chi connectivity index (χ1) is 8.40. The zero-order valence-corrected chi connectivity index (χ0v) is 10.5. The molecule has 1 aliphatic heterocycles. The average molecular weight is 228 g/mol. The lowest BCUT2D eigenvalue weighted by Crippen LogP contribution is -1.91. The summed E-state index contributed by atoms with van der Waals surface area (Å²) in [5, 5.41) is 0. The van der Waals surface area contributed by atoms with Crippen LogP contribution in [0.3, 0.4) is 0 Å². The van der Waals surface area contributed by atoms with Gasteiger partial charge in [-0.1, -0.05) is 62.6 Å². The lowest BCUT2D eigenvalue weighted by Gasteiger charge is -1.94. The monoisotopic (exact) mass is 228 g/mol. The summed E-state index contributed by atoms with van der Waals surface area (Å²) in [7, 11) is 0. The van der Waals surface area contributed by atoms with Gasteiger partial charge in [0.2, 0.25) is 0 Å². The molecule has 1 aliphatic rings. The highest BCUT2D eigenvalue weighted by molar-refractivity contribution is 5.35. The Labute approximate surface area is 104 Å². The van der Waals surface area contributed by atoms with Crippen LogP contribution in [0.1, 0.15) is 44.6 Å². The summed E-state index contributed by atoms with van der Waals surface area (Å²) in [5.74, 6) is 6.35. The molecule has 1 aromatic carbocycles. The van der Waals surface area contributed by atoms with Crippen LogP contribution in [0.4, 0.5) is 0 Å². The van der Waals surface area contributed by atoms with Crippen LogP contribution in [-0.4, -0.2) is 12.2 Å². The standard InChI is InChI=1S/C16H20O/c1-2-3-4-8-11-15-16(17-15)13-12-14-9-6-5-7-10-14/h5-7,9-10,15-16H,2-4,8,11H2,1H3/t15-,16-/m0/s1. The molecule has 0 spiro atoms. The Kier molecular flexibility index (Phi) is 4.64. The highest BCUT2D eigenvalue weighted by atomic mass is 16.6. The van der Waals surface area contributed by atoms with Crippen LogP contribution in [0.15, 0.2) is 30.3 Å². The van der Waals surface area contributed by atoms with Gasteiger partial charge in [-0.15, -0.1) is 0 Å². The van der Waals surface area contributed by atoms with Crippen LogP contribution in [0.2, 0.25) is 0 Å². The molecule has 0 saturated carbocycles. The van der Waals surface area contributed by atoms with E-state index >= 15 is 0 Å². The van der Waals surface area contributed by atoms with E-state index in [1.54, 1.807) is 0 Å². The maximum Gasteiger partial charge on any atom is 0.145 e. The summed E-state index contributed by atoms with van der Waals surface area (Å²) >= 11 is 0. The largest absolute Gasteiger partial charge is 0.356 e. The summed E-state index contributed by atoms with van der Waals surface area (Å²) in [6.45, 7) is 2.24. The van der Waals surface area contributed by atoms with Gasteiger partial charge in [-0.3, -0.25) is 0 Å². The van der Waals surface area contributed by atoms with E-state index in [0.717, 1.165) is 5.56 Å². The third kappa shape index (κ3) is 4.24. The molecule has 0 aromatic heterocycles. The van der Waals surface area contributed by atoms with Gasteiger partial charge in [0.1, 0.15) is 6.10 Å². The summed E-state index contributed by atoms with van der Waals surface area (Å²) in [5.41, 5.74) is 1.08. The van der Waals surface area contributed by atoms with Crippen LogP contribution >= 0.6 is 0 Å². The molecule has 0 amide bonds. The summed E-state index contributed by atoms with van der Waals surface area (Å²) in [6, 6.07) is 10.1. The van der Waals surface area contributed by atoms with Gasteiger partial charge in [0, 0.05) is 5.56 Å². The first-order valence-corrected chi connectivity index (χ1v) is 6.62. The van der Waals surface area contributed by atoms with Crippen LogP contribution in [0, 0.1) is 11.8 Å². The zero-order valence-electron chi connectivity index (χ0n) is 10.5. The van der Waals surface area contributed by atoms with E-state index < -0.39 is 0 Å². The molecule has 0 unspecified atom stereocenters. The number of benzene rings is 1. The minimum atomic E-state index is 0.192. The molecule has 1 heterocycles. The van der Waals surface area contributed by atoms with Gasteiger partial charge in [0.25, 0.3) is 0 Å². The second-order valence-corrected chi connectivity index (χ2v) is 4.58. The number of ether oxygens (including phenoxy) is 1. The molecular weight excluding hydrogens is 208 g/mol. The second-order valence-electron chi connectivity index (χ2n) is 4.58. The molecule has 0 bridgehead atoms. The molecule has 2 rings (SSSR count). The van der Waals surface area contributed by atoms with Gasteiger partial charge in [-0.25, -0.2) is 0 Å². The van der Waals surface area contributed by atoms with Gasteiger partial charge in [-0.05, 0) is 18.6 Å². The molecule has 0 N–H and O–H groups in total. The fraction of sp³-hybridized carbons (Fsp3) is 0.500. The van der Waals surface area contributed by atoms with E-state index in [9.17, 15) is 0 Å². The zero-order chi connectivity index (χ0) is 11.9. The third-order valence-electron chi connectivity index (χ3n) is 3.06. The fourth-order valence-electron chi connectivity index (χ4n) is 1.94. The predicted octanol–water partition coefficient (Wildman–Crippen LogP) is 3.78. The van der Waals surface area contributed by atoms with Gasteiger partial charge >= 0.3 is 0 Å². The summed E-state index contributed by atoms with van der Waals surface area (Å²) in [6.07, 6.45) is 7.01. The Morgan fingerprint density at radius 1 is 1.12 bits per heavy atom. The molecular formula is C16H20O. The lowest BCUT2D eigenvalue weighted by atomic mass is 10.1. The molecule has 0 aliphatic carbocycles. The third-order valence-corrected chi connectivity index (χ3v) is 3.06. The quantitative estimate of drug-likeness (QED) is 0.424. The lowest BCUT2D eigenvalue weighted by molar-refractivity contribution is 0.375. The maximum absolute atomic E-state index is 5.55. The van der Waals surface area contributed by atoms with Crippen molar-refractivity contribution < 1.29 is 4.74 Å². The number of hydrogen-bond donors (Lipinski definition) is 0. The molecule has 1 fully saturated rings. The van der Waals surface area contributed by atoms with Gasteiger partial charge in [0.15, 0.2) is 0 Å². The van der Waals surface area contributed by atoms with Gasteiger partial charge in [-0.2, -0.15) is 0 Å². The van der Waals surface area contributed by atoms with Crippen molar-refractivity contribution in [3.63, 3.8) is 0 Å². The molecule has 90 valence electrons. The van der Waals surface area contributed by atoms with Crippen molar-refractivity contribution in [2.75, 3.05) is 0 Å². The molecule has 1 heteroatoms. The number of rotatable bonds is 5. The van der Waals surface area contributed by atoms with Crippen molar-refractivity contribution in [3.05, 3.63) is 35.9 Å². The summed E-state index contributed by atoms with van der Waals surface area (Å²) in [4.78, 5) is 0. The van der Waals surface area contributed by atoms with Crippen LogP contribution < -0.4 is 0 Å². The van der Waals surface area contributed by atoms with Crippen molar-refractivity contribution in [1.82, 2.24) is 0 Å². The van der Waals surface area contributed by atoms with E-state index in [-0.39, 0.29) is 6.10 Å². The molecule has 1 saturated heterocycles. The SMILES string of the molecule is CCCCCC[C@@H]1O[C@H]1C#Cc1ccccc1. The first kappa shape index (κ1) is 12.2. The van der Waals surface area contributed by atoms with Crippen molar-refractivity contribution in [1.29, 1.82) is 0 Å². The molecule has 17 heavy (non-hydrogen) atoms. The highest BCUT2D eigenvalue weighted by Crippen LogP contribution is 2.26. The van der Waals surface area contributed by atoms with Crippen molar-refractivity contribution in [2.24, 2.45) is 0 Å². The number of unbranched alkanes of at least 4 members (excludes halogenated alkanes) is 3. The Balaban J connectivity index is 1.68. The van der Waals surface area contributed by atoms with E-state index in [0.29, 0.717) is 6.10 Å². The summed E-state index contributed by atoms with van der Waals surface area (Å²) < 4.78 is 5.55. The topological polar surface area (TPSA) is 12.5 Å². The first-order valence-electron chi connectivity index (χ1n) is 6.62. The predicted molar refractivity (Wildman–Crippen MR) is 70.7 cm³/mol. The Bertz CT molecular complexity index is 385. The Hall–Kier alpha value is -1.26. The highest BCUT2D eigenvalue weighted by Gasteiger charge is 2.36. The minimum absolute atomic E-state index is 0.192. The van der Waals surface area contributed by atoms with E-state index in [1.807, 2.05) is 30.3 Å². The van der Waals surface area contributed by atoms with Crippen molar-refractivity contribution in [2.45, 2.75) is 51.2 Å².